The highest BCUT2D eigenvalue weighted by atomic mass is 16.7. The third-order valence-electron chi connectivity index (χ3n) is 4.47. The first kappa shape index (κ1) is 20.4. The quantitative estimate of drug-likeness (QED) is 0.763. The zero-order chi connectivity index (χ0) is 17.8. The summed E-state index contributed by atoms with van der Waals surface area (Å²) in [7, 11) is 3.99. The summed E-state index contributed by atoms with van der Waals surface area (Å²) in [6.07, 6.45) is 7.05. The van der Waals surface area contributed by atoms with Gasteiger partial charge in [0.15, 0.2) is 6.29 Å². The van der Waals surface area contributed by atoms with E-state index in [2.05, 4.69) is 38.5 Å². The first-order valence-corrected chi connectivity index (χ1v) is 8.55. The zero-order valence-electron chi connectivity index (χ0n) is 15.9. The molecule has 134 valence electrons. The van der Waals surface area contributed by atoms with Crippen LogP contribution in [0.15, 0.2) is 0 Å². The topological polar surface area (TPSA) is 41.9 Å². The number of aliphatic hydroxyl groups excluding tert-OH is 1. The Morgan fingerprint density at radius 3 is 2.39 bits per heavy atom. The van der Waals surface area contributed by atoms with Crippen LogP contribution >= 0.6 is 0 Å². The predicted molar refractivity (Wildman–Crippen MR) is 94.0 cm³/mol. The van der Waals surface area contributed by atoms with E-state index in [1.54, 1.807) is 0 Å². The lowest BCUT2D eigenvalue weighted by molar-refractivity contribution is -0.184. The van der Waals surface area contributed by atoms with Crippen LogP contribution in [0.2, 0.25) is 0 Å². The van der Waals surface area contributed by atoms with Crippen molar-refractivity contribution in [2.75, 3.05) is 20.7 Å². The fourth-order valence-corrected chi connectivity index (χ4v) is 3.50. The molecule has 4 atom stereocenters. The highest BCUT2D eigenvalue weighted by Crippen LogP contribution is 2.34. The van der Waals surface area contributed by atoms with E-state index >= 15 is 0 Å². The molecule has 0 amide bonds. The van der Waals surface area contributed by atoms with Gasteiger partial charge in [0.2, 0.25) is 0 Å². The minimum Gasteiger partial charge on any atom is -0.391 e. The summed E-state index contributed by atoms with van der Waals surface area (Å²) in [6, 6.07) is 0.104. The molecule has 0 spiro atoms. The molecule has 1 fully saturated rings. The SMILES string of the molecule is C#CC(C)(C)CC(C)(C)COC1CC(O)C(N(C)C)CC(C)O1. The monoisotopic (exact) mass is 325 g/mol. The van der Waals surface area contributed by atoms with Gasteiger partial charge in [0.05, 0.1) is 18.8 Å². The summed E-state index contributed by atoms with van der Waals surface area (Å²) >= 11 is 0. The number of hydrogen-bond acceptors (Lipinski definition) is 4. The van der Waals surface area contributed by atoms with Gasteiger partial charge >= 0.3 is 0 Å². The first-order valence-electron chi connectivity index (χ1n) is 8.55. The van der Waals surface area contributed by atoms with Crippen LogP contribution in [0.25, 0.3) is 0 Å². The molecule has 0 aromatic carbocycles. The Morgan fingerprint density at radius 2 is 1.87 bits per heavy atom. The third-order valence-corrected chi connectivity index (χ3v) is 4.47. The second kappa shape index (κ2) is 7.98. The van der Waals surface area contributed by atoms with Gasteiger partial charge in [-0.3, -0.25) is 0 Å². The van der Waals surface area contributed by atoms with E-state index in [0.29, 0.717) is 13.0 Å². The maximum Gasteiger partial charge on any atom is 0.160 e. The van der Waals surface area contributed by atoms with Crippen LogP contribution in [0.3, 0.4) is 0 Å². The highest BCUT2D eigenvalue weighted by molar-refractivity contribution is 5.02. The largest absolute Gasteiger partial charge is 0.391 e. The normalized spacial score (nSPS) is 30.1. The van der Waals surface area contributed by atoms with Gasteiger partial charge < -0.3 is 19.5 Å². The van der Waals surface area contributed by atoms with Crippen molar-refractivity contribution in [1.29, 1.82) is 0 Å². The fourth-order valence-electron chi connectivity index (χ4n) is 3.50. The number of ether oxygens (including phenoxy) is 2. The van der Waals surface area contributed by atoms with Crippen LogP contribution in [0.5, 0.6) is 0 Å². The average Bonchev–Trinajstić information content (AvgIpc) is 2.54. The van der Waals surface area contributed by atoms with Crippen molar-refractivity contribution in [1.82, 2.24) is 4.90 Å². The molecule has 4 nitrogen and oxygen atoms in total. The molecule has 0 aromatic heterocycles. The molecule has 1 saturated heterocycles. The van der Waals surface area contributed by atoms with Crippen molar-refractivity contribution in [3.8, 4) is 12.3 Å². The Hall–Kier alpha value is -0.600. The summed E-state index contributed by atoms with van der Waals surface area (Å²) in [5.41, 5.74) is -0.194. The number of rotatable bonds is 6. The molecule has 1 aliphatic rings. The molecule has 4 unspecified atom stereocenters. The summed E-state index contributed by atoms with van der Waals surface area (Å²) in [5, 5.41) is 10.4. The molecular weight excluding hydrogens is 290 g/mol. The van der Waals surface area contributed by atoms with Crippen molar-refractivity contribution in [2.24, 2.45) is 10.8 Å². The Balaban J connectivity index is 2.62. The minimum absolute atomic E-state index is 0.0410. The minimum atomic E-state index is -0.440. The Labute approximate surface area is 142 Å². The van der Waals surface area contributed by atoms with Crippen molar-refractivity contribution >= 4 is 0 Å². The lowest BCUT2D eigenvalue weighted by atomic mass is 9.76. The second-order valence-electron chi connectivity index (χ2n) is 8.63. The molecule has 1 aliphatic heterocycles. The predicted octanol–water partition coefficient (Wildman–Crippen LogP) is 2.89. The van der Waals surface area contributed by atoms with E-state index in [-0.39, 0.29) is 29.3 Å². The molecule has 0 aromatic rings. The van der Waals surface area contributed by atoms with Gasteiger partial charge in [-0.2, -0.15) is 0 Å². The van der Waals surface area contributed by atoms with Crippen molar-refractivity contribution in [2.45, 2.75) is 78.4 Å². The number of aliphatic hydroxyl groups is 1. The van der Waals surface area contributed by atoms with Crippen LogP contribution in [0, 0.1) is 23.2 Å². The summed E-state index contributed by atoms with van der Waals surface area (Å²) < 4.78 is 12.0. The Morgan fingerprint density at radius 1 is 1.26 bits per heavy atom. The summed E-state index contributed by atoms with van der Waals surface area (Å²) in [5.74, 6) is 2.85. The number of hydrogen-bond donors (Lipinski definition) is 1. The van der Waals surface area contributed by atoms with Crippen LogP contribution in [0.1, 0.15) is 53.9 Å². The maximum absolute atomic E-state index is 10.4. The maximum atomic E-state index is 10.4. The smallest absolute Gasteiger partial charge is 0.160 e. The van der Waals surface area contributed by atoms with Gasteiger partial charge in [0.25, 0.3) is 0 Å². The third kappa shape index (κ3) is 6.81. The van der Waals surface area contributed by atoms with Crippen molar-refractivity contribution in [3.63, 3.8) is 0 Å². The van der Waals surface area contributed by atoms with E-state index in [1.165, 1.54) is 0 Å². The molecule has 0 saturated carbocycles. The molecule has 1 N–H and O–H groups in total. The van der Waals surface area contributed by atoms with Crippen molar-refractivity contribution in [3.05, 3.63) is 0 Å². The number of terminal acetylenes is 1. The molecule has 1 rings (SSSR count). The Bertz CT molecular complexity index is 411. The molecule has 0 aliphatic carbocycles. The zero-order valence-corrected chi connectivity index (χ0v) is 15.9. The first-order chi connectivity index (χ1) is 10.5. The van der Waals surface area contributed by atoms with E-state index in [0.717, 1.165) is 12.8 Å². The van der Waals surface area contributed by atoms with E-state index in [1.807, 2.05) is 21.0 Å². The molecule has 4 heteroatoms. The van der Waals surface area contributed by atoms with Crippen LogP contribution in [-0.4, -0.2) is 55.2 Å². The molecular formula is C19H35NO3. The number of nitrogens with zero attached hydrogens (tertiary/aromatic N) is 1. The fraction of sp³-hybridized carbons (Fsp3) is 0.895. The van der Waals surface area contributed by atoms with Gasteiger partial charge in [-0.25, -0.2) is 0 Å². The van der Waals surface area contributed by atoms with E-state index < -0.39 is 6.10 Å². The highest BCUT2D eigenvalue weighted by Gasteiger charge is 2.34. The van der Waals surface area contributed by atoms with Gasteiger partial charge in [-0.05, 0) is 53.1 Å². The average molecular weight is 325 g/mol. The lowest BCUT2D eigenvalue weighted by Crippen LogP contribution is -2.40. The van der Waals surface area contributed by atoms with Gasteiger partial charge in [-0.1, -0.05) is 13.8 Å². The molecule has 0 bridgehead atoms. The van der Waals surface area contributed by atoms with Gasteiger partial charge in [0.1, 0.15) is 0 Å². The lowest BCUT2D eigenvalue weighted by Gasteiger charge is -2.33. The molecule has 1 heterocycles. The van der Waals surface area contributed by atoms with Crippen LogP contribution < -0.4 is 0 Å². The number of likely N-dealkylation sites (N-methyl/N-ethyl adjacent to an activating group) is 1. The van der Waals surface area contributed by atoms with E-state index in [9.17, 15) is 5.11 Å². The van der Waals surface area contributed by atoms with Crippen LogP contribution in [-0.2, 0) is 9.47 Å². The Kier molecular flexibility index (Phi) is 7.10. The van der Waals surface area contributed by atoms with Crippen molar-refractivity contribution < 1.29 is 14.6 Å². The summed E-state index contributed by atoms with van der Waals surface area (Å²) in [6.45, 7) is 11.1. The summed E-state index contributed by atoms with van der Waals surface area (Å²) in [4.78, 5) is 2.06. The van der Waals surface area contributed by atoms with Gasteiger partial charge in [-0.15, -0.1) is 12.3 Å². The molecule has 23 heavy (non-hydrogen) atoms. The van der Waals surface area contributed by atoms with Crippen LogP contribution in [0.4, 0.5) is 0 Å². The molecule has 0 radical (unpaired) electrons. The second-order valence-corrected chi connectivity index (χ2v) is 8.63. The van der Waals surface area contributed by atoms with E-state index in [4.69, 9.17) is 15.9 Å². The van der Waals surface area contributed by atoms with Gasteiger partial charge in [0, 0.05) is 17.9 Å². The standard InChI is InChI=1S/C19H35NO3/c1-9-18(3,4)12-19(5,6)13-22-17-11-16(21)15(20(7)8)10-14(2)23-17/h1,14-17,21H,10-13H2,2-8H3.